The van der Waals surface area contributed by atoms with Crippen LogP contribution in [0, 0.1) is 19.7 Å². The highest BCUT2D eigenvalue weighted by Gasteiger charge is 2.15. The largest absolute Gasteiger partial charge is 0.397 e. The fourth-order valence-corrected chi connectivity index (χ4v) is 2.37. The van der Waals surface area contributed by atoms with Crippen LogP contribution in [0.25, 0.3) is 0 Å². The van der Waals surface area contributed by atoms with Gasteiger partial charge in [-0.25, -0.2) is 9.37 Å². The van der Waals surface area contributed by atoms with Gasteiger partial charge in [-0.05, 0) is 32.0 Å². The van der Waals surface area contributed by atoms with E-state index in [9.17, 15) is 9.18 Å². The van der Waals surface area contributed by atoms with Crippen molar-refractivity contribution in [1.82, 2.24) is 4.98 Å². The van der Waals surface area contributed by atoms with Crippen LogP contribution in [0.1, 0.15) is 20.4 Å². The number of nitrogens with one attached hydrogen (secondary N) is 1. The van der Waals surface area contributed by atoms with Crippen molar-refractivity contribution in [2.45, 2.75) is 13.8 Å². The number of thiazole rings is 1. The number of benzene rings is 1. The minimum Gasteiger partial charge on any atom is -0.397 e. The van der Waals surface area contributed by atoms with Crippen molar-refractivity contribution in [2.75, 3.05) is 11.1 Å². The van der Waals surface area contributed by atoms with Crippen molar-refractivity contribution in [3.8, 4) is 0 Å². The summed E-state index contributed by atoms with van der Waals surface area (Å²) in [6.07, 6.45) is 0. The van der Waals surface area contributed by atoms with E-state index in [0.717, 1.165) is 5.01 Å². The summed E-state index contributed by atoms with van der Waals surface area (Å²) < 4.78 is 13.1. The first-order valence-electron chi connectivity index (χ1n) is 5.28. The van der Waals surface area contributed by atoms with E-state index in [4.69, 9.17) is 5.73 Å². The molecule has 94 valence electrons. The number of nitrogen functional groups attached to an aromatic ring is 1. The Balaban J connectivity index is 2.26. The molecule has 0 spiro atoms. The predicted octanol–water partition coefficient (Wildman–Crippen LogP) is 2.73. The summed E-state index contributed by atoms with van der Waals surface area (Å²) in [5.41, 5.74) is 6.91. The number of aromatic nitrogens is 1. The minimum absolute atomic E-state index is 0.269. The van der Waals surface area contributed by atoms with Crippen LogP contribution in [0.4, 0.5) is 15.8 Å². The Morgan fingerprint density at radius 1 is 1.44 bits per heavy atom. The number of anilines is 2. The molecule has 3 N–H and O–H groups in total. The average molecular weight is 265 g/mol. The Morgan fingerprint density at radius 2 is 2.17 bits per heavy atom. The average Bonchev–Trinajstić information content (AvgIpc) is 2.63. The molecule has 0 saturated carbocycles. The molecule has 18 heavy (non-hydrogen) atoms. The third-order valence-corrected chi connectivity index (χ3v) is 3.44. The van der Waals surface area contributed by atoms with Crippen molar-refractivity contribution in [3.05, 3.63) is 39.6 Å². The lowest BCUT2D eigenvalue weighted by molar-refractivity contribution is 0.103. The third kappa shape index (κ3) is 2.48. The van der Waals surface area contributed by atoms with Gasteiger partial charge in [0.05, 0.1) is 22.1 Å². The first kappa shape index (κ1) is 12.5. The number of halogens is 1. The van der Waals surface area contributed by atoms with Crippen molar-refractivity contribution in [3.63, 3.8) is 0 Å². The highest BCUT2D eigenvalue weighted by atomic mass is 32.1. The van der Waals surface area contributed by atoms with Gasteiger partial charge in [-0.1, -0.05) is 0 Å². The lowest BCUT2D eigenvalue weighted by atomic mass is 10.2. The lowest BCUT2D eigenvalue weighted by Crippen LogP contribution is -2.13. The van der Waals surface area contributed by atoms with Crippen LogP contribution in [0.15, 0.2) is 18.2 Å². The highest BCUT2D eigenvalue weighted by molar-refractivity contribution is 7.13. The minimum atomic E-state index is -0.447. The second kappa shape index (κ2) is 4.73. The molecule has 0 radical (unpaired) electrons. The SMILES string of the molecule is Cc1nc(C)c(C(=O)Nc2cc(F)ccc2N)s1. The number of nitrogens with two attached hydrogens (primary N) is 1. The second-order valence-electron chi connectivity index (χ2n) is 3.83. The van der Waals surface area contributed by atoms with E-state index < -0.39 is 5.82 Å². The Labute approximate surface area is 108 Å². The zero-order valence-electron chi connectivity index (χ0n) is 9.95. The number of carbonyl (C=O) groups excluding carboxylic acids is 1. The van der Waals surface area contributed by atoms with Gasteiger partial charge in [0, 0.05) is 0 Å². The van der Waals surface area contributed by atoms with E-state index in [-0.39, 0.29) is 11.6 Å². The van der Waals surface area contributed by atoms with Crippen LogP contribution in [0.5, 0.6) is 0 Å². The van der Waals surface area contributed by atoms with E-state index in [0.29, 0.717) is 16.3 Å². The van der Waals surface area contributed by atoms with E-state index in [1.165, 1.54) is 29.5 Å². The van der Waals surface area contributed by atoms with Crippen molar-refractivity contribution >= 4 is 28.6 Å². The van der Waals surface area contributed by atoms with Gasteiger partial charge in [0.25, 0.3) is 5.91 Å². The van der Waals surface area contributed by atoms with Crippen LogP contribution in [-0.2, 0) is 0 Å². The summed E-state index contributed by atoms with van der Waals surface area (Å²) in [4.78, 5) is 16.7. The molecule has 1 amide bonds. The molecule has 1 aromatic heterocycles. The van der Waals surface area contributed by atoms with Gasteiger partial charge in [-0.3, -0.25) is 4.79 Å². The first-order chi connectivity index (χ1) is 8.47. The number of hydrogen-bond donors (Lipinski definition) is 2. The van der Waals surface area contributed by atoms with E-state index in [1.807, 2.05) is 6.92 Å². The third-order valence-electron chi connectivity index (χ3n) is 2.37. The molecular formula is C12H12FN3OS. The molecule has 2 aromatic rings. The zero-order valence-corrected chi connectivity index (χ0v) is 10.8. The molecule has 0 aliphatic rings. The Kier molecular flexibility index (Phi) is 3.29. The van der Waals surface area contributed by atoms with Gasteiger partial charge in [0.2, 0.25) is 0 Å². The molecule has 0 saturated heterocycles. The molecule has 0 aliphatic carbocycles. The Bertz CT molecular complexity index is 609. The van der Waals surface area contributed by atoms with Crippen LogP contribution >= 0.6 is 11.3 Å². The molecule has 1 aromatic carbocycles. The molecule has 6 heteroatoms. The molecule has 0 bridgehead atoms. The molecule has 0 unspecified atom stereocenters. The highest BCUT2D eigenvalue weighted by Crippen LogP contribution is 2.23. The summed E-state index contributed by atoms with van der Waals surface area (Å²) in [6.45, 7) is 3.58. The number of hydrogen-bond acceptors (Lipinski definition) is 4. The van der Waals surface area contributed by atoms with Crippen LogP contribution < -0.4 is 11.1 Å². The molecule has 0 atom stereocenters. The smallest absolute Gasteiger partial charge is 0.267 e. The maximum absolute atomic E-state index is 13.1. The van der Waals surface area contributed by atoms with Crippen LogP contribution in [0.3, 0.4) is 0 Å². The quantitative estimate of drug-likeness (QED) is 0.820. The maximum atomic E-state index is 13.1. The summed E-state index contributed by atoms with van der Waals surface area (Å²) in [5, 5.41) is 3.40. The summed E-state index contributed by atoms with van der Waals surface area (Å²) in [7, 11) is 0. The fraction of sp³-hybridized carbons (Fsp3) is 0.167. The monoisotopic (exact) mass is 265 g/mol. The second-order valence-corrected chi connectivity index (χ2v) is 5.04. The molecule has 4 nitrogen and oxygen atoms in total. The summed E-state index contributed by atoms with van der Waals surface area (Å²) in [5.74, 6) is -0.771. The van der Waals surface area contributed by atoms with Crippen LogP contribution in [0.2, 0.25) is 0 Å². The van der Waals surface area contributed by atoms with Crippen LogP contribution in [-0.4, -0.2) is 10.9 Å². The lowest BCUT2D eigenvalue weighted by Gasteiger charge is -2.07. The van der Waals surface area contributed by atoms with Gasteiger partial charge in [0.15, 0.2) is 0 Å². The van der Waals surface area contributed by atoms with E-state index >= 15 is 0 Å². The molecule has 1 heterocycles. The predicted molar refractivity (Wildman–Crippen MR) is 70.4 cm³/mol. The van der Waals surface area contributed by atoms with Gasteiger partial charge >= 0.3 is 0 Å². The number of rotatable bonds is 2. The molecule has 2 rings (SSSR count). The normalized spacial score (nSPS) is 10.4. The summed E-state index contributed by atoms with van der Waals surface area (Å²) >= 11 is 1.29. The van der Waals surface area contributed by atoms with E-state index in [2.05, 4.69) is 10.3 Å². The number of amides is 1. The van der Waals surface area contributed by atoms with Gasteiger partial charge < -0.3 is 11.1 Å². The molecule has 0 fully saturated rings. The number of aryl methyl sites for hydroxylation is 2. The number of carbonyl (C=O) groups is 1. The molecular weight excluding hydrogens is 253 g/mol. The topological polar surface area (TPSA) is 68.0 Å². The van der Waals surface area contributed by atoms with Crippen molar-refractivity contribution in [2.24, 2.45) is 0 Å². The van der Waals surface area contributed by atoms with Gasteiger partial charge in [-0.15, -0.1) is 11.3 Å². The summed E-state index contributed by atoms with van der Waals surface area (Å²) in [6, 6.07) is 3.85. The van der Waals surface area contributed by atoms with Gasteiger partial charge in [-0.2, -0.15) is 0 Å². The van der Waals surface area contributed by atoms with Gasteiger partial charge in [0.1, 0.15) is 10.7 Å². The van der Waals surface area contributed by atoms with Crippen molar-refractivity contribution < 1.29 is 9.18 Å². The van der Waals surface area contributed by atoms with Crippen molar-refractivity contribution in [1.29, 1.82) is 0 Å². The van der Waals surface area contributed by atoms with E-state index in [1.54, 1.807) is 6.92 Å². The maximum Gasteiger partial charge on any atom is 0.267 e. The zero-order chi connectivity index (χ0) is 13.3. The fourth-order valence-electron chi connectivity index (χ4n) is 1.56. The standard InChI is InChI=1S/C12H12FN3OS/c1-6-11(18-7(2)15-6)12(17)16-10-5-8(13)3-4-9(10)14/h3-5H,14H2,1-2H3,(H,16,17). The Morgan fingerprint density at radius 3 is 2.78 bits per heavy atom. The number of nitrogens with zero attached hydrogens (tertiary/aromatic N) is 1. The Hall–Kier alpha value is -1.95. The first-order valence-corrected chi connectivity index (χ1v) is 6.09. The molecule has 0 aliphatic heterocycles.